The van der Waals surface area contributed by atoms with E-state index in [1.807, 2.05) is 0 Å². The first-order valence-electron chi connectivity index (χ1n) is 5.03. The molecule has 1 unspecified atom stereocenters. The summed E-state index contributed by atoms with van der Waals surface area (Å²) in [5.74, 6) is -0.580. The molecule has 1 aromatic heterocycles. The monoisotopic (exact) mass is 354 g/mol. The van der Waals surface area contributed by atoms with Crippen molar-refractivity contribution in [2.24, 2.45) is 5.73 Å². The Balaban J connectivity index is 2.40. The average Bonchev–Trinajstić information content (AvgIpc) is 2.77. The molecule has 8 heteroatoms. The van der Waals surface area contributed by atoms with Crippen LogP contribution in [0.2, 0.25) is 0 Å². The van der Waals surface area contributed by atoms with Crippen LogP contribution in [0.1, 0.15) is 21.5 Å². The second-order valence-electron chi connectivity index (χ2n) is 3.68. The molecule has 2 rings (SSSR count). The summed E-state index contributed by atoms with van der Waals surface area (Å²) >= 11 is 3.54. The van der Waals surface area contributed by atoms with Gasteiger partial charge in [0.25, 0.3) is 0 Å². The molecule has 2 N–H and O–H groups in total. The van der Waals surface area contributed by atoms with Gasteiger partial charge in [-0.1, -0.05) is 22.0 Å². The summed E-state index contributed by atoms with van der Waals surface area (Å²) in [4.78, 5) is 3.42. The maximum Gasteiger partial charge on any atom is 0.443 e. The molecule has 0 bridgehead atoms. The number of thiazole rings is 1. The number of rotatable bonds is 2. The standard InChI is InChI=1S/C11H7BrF4N2S/c12-5-2-1-3-6(13)8(5)9(17)7-4-18-10(19-7)11(14,15)16/h1-4,9H,17H2. The fourth-order valence-electron chi connectivity index (χ4n) is 1.51. The van der Waals surface area contributed by atoms with Crippen LogP contribution in [0, 0.1) is 5.82 Å². The van der Waals surface area contributed by atoms with Gasteiger partial charge in [0, 0.05) is 21.1 Å². The first kappa shape index (κ1) is 14.4. The number of aromatic nitrogens is 1. The lowest BCUT2D eigenvalue weighted by Crippen LogP contribution is -2.13. The second-order valence-corrected chi connectivity index (χ2v) is 5.60. The molecule has 0 aliphatic rings. The van der Waals surface area contributed by atoms with Gasteiger partial charge in [0.1, 0.15) is 5.82 Å². The Bertz CT molecular complexity index is 576. The Morgan fingerprint density at radius 2 is 2.00 bits per heavy atom. The van der Waals surface area contributed by atoms with Gasteiger partial charge in [-0.15, -0.1) is 11.3 Å². The molecule has 0 fully saturated rings. The minimum Gasteiger partial charge on any atom is -0.319 e. The van der Waals surface area contributed by atoms with Crippen molar-refractivity contribution in [2.75, 3.05) is 0 Å². The number of nitrogens with two attached hydrogens (primary N) is 1. The van der Waals surface area contributed by atoms with Crippen LogP contribution in [0.25, 0.3) is 0 Å². The van der Waals surface area contributed by atoms with Gasteiger partial charge in [-0.2, -0.15) is 13.2 Å². The zero-order valence-corrected chi connectivity index (χ0v) is 11.6. The molecule has 1 aromatic carbocycles. The number of benzene rings is 1. The van der Waals surface area contributed by atoms with Crippen molar-refractivity contribution in [1.29, 1.82) is 0 Å². The topological polar surface area (TPSA) is 38.9 Å². The predicted octanol–water partition coefficient (Wildman–Crippen LogP) is 4.11. The molecule has 2 nitrogen and oxygen atoms in total. The molecule has 1 heterocycles. The van der Waals surface area contributed by atoms with E-state index in [4.69, 9.17) is 5.73 Å². The van der Waals surface area contributed by atoms with Crippen LogP contribution in [-0.4, -0.2) is 4.98 Å². The van der Waals surface area contributed by atoms with E-state index in [-0.39, 0.29) is 10.4 Å². The number of hydrogen-bond donors (Lipinski definition) is 1. The van der Waals surface area contributed by atoms with Gasteiger partial charge in [0.15, 0.2) is 5.01 Å². The summed E-state index contributed by atoms with van der Waals surface area (Å²) in [6, 6.07) is 3.25. The summed E-state index contributed by atoms with van der Waals surface area (Å²) in [7, 11) is 0. The van der Waals surface area contributed by atoms with Crippen LogP contribution in [-0.2, 0) is 6.18 Å². The molecule has 0 aliphatic carbocycles. The van der Waals surface area contributed by atoms with Gasteiger partial charge in [-0.3, -0.25) is 0 Å². The highest BCUT2D eigenvalue weighted by atomic mass is 79.9. The van der Waals surface area contributed by atoms with E-state index < -0.39 is 23.0 Å². The van der Waals surface area contributed by atoms with E-state index in [9.17, 15) is 17.6 Å². The van der Waals surface area contributed by atoms with Crippen molar-refractivity contribution in [1.82, 2.24) is 4.98 Å². The SMILES string of the molecule is NC(c1cnc(C(F)(F)F)s1)c1c(F)cccc1Br. The Morgan fingerprint density at radius 1 is 1.32 bits per heavy atom. The smallest absolute Gasteiger partial charge is 0.319 e. The predicted molar refractivity (Wildman–Crippen MR) is 67.2 cm³/mol. The van der Waals surface area contributed by atoms with E-state index in [1.165, 1.54) is 12.1 Å². The quantitative estimate of drug-likeness (QED) is 0.824. The largest absolute Gasteiger partial charge is 0.443 e. The summed E-state index contributed by atoms with van der Waals surface area (Å²) < 4.78 is 51.4. The molecular formula is C11H7BrF4N2S. The van der Waals surface area contributed by atoms with Crippen LogP contribution in [0.4, 0.5) is 17.6 Å². The summed E-state index contributed by atoms with van der Waals surface area (Å²) in [5, 5.41) is -0.995. The van der Waals surface area contributed by atoms with Gasteiger partial charge in [0.2, 0.25) is 0 Å². The molecule has 2 aromatic rings. The molecule has 0 spiro atoms. The van der Waals surface area contributed by atoms with Crippen LogP contribution in [0.15, 0.2) is 28.9 Å². The molecule has 19 heavy (non-hydrogen) atoms. The van der Waals surface area contributed by atoms with Crippen LogP contribution >= 0.6 is 27.3 Å². The zero-order valence-electron chi connectivity index (χ0n) is 9.21. The van der Waals surface area contributed by atoms with Crippen LogP contribution in [0.3, 0.4) is 0 Å². The third kappa shape index (κ3) is 2.96. The number of halogens is 5. The number of nitrogens with zero attached hydrogens (tertiary/aromatic N) is 1. The molecule has 102 valence electrons. The molecule has 1 atom stereocenters. The molecule has 0 saturated carbocycles. The molecule has 0 radical (unpaired) electrons. The number of hydrogen-bond acceptors (Lipinski definition) is 3. The fraction of sp³-hybridized carbons (Fsp3) is 0.182. The first-order chi connectivity index (χ1) is 8.80. The number of alkyl halides is 3. The molecule has 0 aliphatic heterocycles. The van der Waals surface area contributed by atoms with Crippen LogP contribution in [0.5, 0.6) is 0 Å². The summed E-state index contributed by atoms with van der Waals surface area (Å²) in [6.45, 7) is 0. The van der Waals surface area contributed by atoms with E-state index in [1.54, 1.807) is 6.07 Å². The molecule has 0 amide bonds. The zero-order chi connectivity index (χ0) is 14.2. The van der Waals surface area contributed by atoms with Crippen molar-refractivity contribution < 1.29 is 17.6 Å². The minimum atomic E-state index is -4.52. The molecule has 0 saturated heterocycles. The van der Waals surface area contributed by atoms with Crippen LogP contribution < -0.4 is 5.73 Å². The average molecular weight is 355 g/mol. The minimum absolute atomic E-state index is 0.111. The highest BCUT2D eigenvalue weighted by Gasteiger charge is 2.35. The fourth-order valence-corrected chi connectivity index (χ4v) is 2.89. The van der Waals surface area contributed by atoms with Crippen molar-refractivity contribution in [3.8, 4) is 0 Å². The second kappa shape index (κ2) is 5.18. The third-order valence-corrected chi connectivity index (χ3v) is 4.20. The van der Waals surface area contributed by atoms with E-state index in [0.717, 1.165) is 6.20 Å². The Labute approximate surface area is 118 Å². The Hall–Kier alpha value is -0.990. The lowest BCUT2D eigenvalue weighted by Gasteiger charge is -2.12. The van der Waals surface area contributed by atoms with Crippen molar-refractivity contribution in [3.05, 3.63) is 50.1 Å². The lowest BCUT2D eigenvalue weighted by molar-refractivity contribution is -0.137. The van der Waals surface area contributed by atoms with Gasteiger partial charge in [-0.25, -0.2) is 9.37 Å². The van der Waals surface area contributed by atoms with E-state index >= 15 is 0 Å². The van der Waals surface area contributed by atoms with Crippen molar-refractivity contribution in [3.63, 3.8) is 0 Å². The van der Waals surface area contributed by atoms with E-state index in [0.29, 0.717) is 15.8 Å². The first-order valence-corrected chi connectivity index (χ1v) is 6.64. The third-order valence-electron chi connectivity index (χ3n) is 2.38. The summed E-state index contributed by atoms with van der Waals surface area (Å²) in [5.41, 5.74) is 5.92. The van der Waals surface area contributed by atoms with Crippen molar-refractivity contribution >= 4 is 27.3 Å². The maximum atomic E-state index is 13.7. The van der Waals surface area contributed by atoms with Gasteiger partial charge < -0.3 is 5.73 Å². The van der Waals surface area contributed by atoms with Gasteiger partial charge >= 0.3 is 6.18 Å². The normalized spacial score (nSPS) is 13.6. The van der Waals surface area contributed by atoms with Gasteiger partial charge in [0.05, 0.1) is 6.04 Å². The Morgan fingerprint density at radius 3 is 2.53 bits per heavy atom. The van der Waals surface area contributed by atoms with Gasteiger partial charge in [-0.05, 0) is 12.1 Å². The van der Waals surface area contributed by atoms with Crippen molar-refractivity contribution in [2.45, 2.75) is 12.2 Å². The van der Waals surface area contributed by atoms with E-state index in [2.05, 4.69) is 20.9 Å². The summed E-state index contributed by atoms with van der Waals surface area (Å²) in [6.07, 6.45) is -3.49. The highest BCUT2D eigenvalue weighted by molar-refractivity contribution is 9.10. The highest BCUT2D eigenvalue weighted by Crippen LogP contribution is 2.37. The maximum absolute atomic E-state index is 13.7. The molecular weight excluding hydrogens is 348 g/mol. The Kier molecular flexibility index (Phi) is 3.93. The lowest BCUT2D eigenvalue weighted by atomic mass is 10.1.